The number of rotatable bonds is 3. The van der Waals surface area contributed by atoms with E-state index in [0.29, 0.717) is 0 Å². The number of hydrogen-bond donors (Lipinski definition) is 0. The van der Waals surface area contributed by atoms with Gasteiger partial charge in [-0.2, -0.15) is 0 Å². The summed E-state index contributed by atoms with van der Waals surface area (Å²) in [6.07, 6.45) is 3.62. The maximum atomic E-state index is 4.22. The van der Waals surface area contributed by atoms with Gasteiger partial charge in [0.2, 0.25) is 0 Å². The van der Waals surface area contributed by atoms with Crippen molar-refractivity contribution < 1.29 is 0 Å². The molecule has 0 saturated carbocycles. The van der Waals surface area contributed by atoms with Gasteiger partial charge in [0.1, 0.15) is 5.82 Å². The van der Waals surface area contributed by atoms with Crippen LogP contribution in [0, 0.1) is 11.8 Å². The Hall–Kier alpha value is -0.960. The molecule has 76 valence electrons. The number of hydrogen-bond acceptors (Lipinski definition) is 3. The van der Waals surface area contributed by atoms with E-state index in [9.17, 15) is 0 Å². The van der Waals surface area contributed by atoms with Gasteiger partial charge in [-0.1, -0.05) is 13.8 Å². The Balaban J connectivity index is 1.80. The zero-order valence-corrected chi connectivity index (χ0v) is 8.85. The highest BCUT2D eigenvalue weighted by Crippen LogP contribution is 2.23. The molecule has 0 unspecified atom stereocenters. The monoisotopic (exact) mass is 191 g/mol. The lowest BCUT2D eigenvalue weighted by Crippen LogP contribution is -2.48. The summed E-state index contributed by atoms with van der Waals surface area (Å²) in [5.74, 6) is 2.62. The van der Waals surface area contributed by atoms with Crippen molar-refractivity contribution in [1.82, 2.24) is 14.9 Å². The van der Waals surface area contributed by atoms with Crippen molar-refractivity contribution in [3.05, 3.63) is 24.3 Å². The molecule has 0 atom stereocenters. The van der Waals surface area contributed by atoms with Crippen LogP contribution >= 0.6 is 0 Å². The minimum atomic E-state index is 0.808. The fourth-order valence-electron chi connectivity index (χ4n) is 1.77. The zero-order chi connectivity index (χ0) is 9.97. The lowest BCUT2D eigenvalue weighted by molar-refractivity contribution is 0.0590. The molecule has 3 nitrogen and oxygen atoms in total. The van der Waals surface area contributed by atoms with E-state index in [1.165, 1.54) is 13.1 Å². The van der Waals surface area contributed by atoms with Gasteiger partial charge in [-0.25, -0.2) is 9.97 Å². The number of nitrogens with zero attached hydrogens (tertiary/aromatic N) is 3. The highest BCUT2D eigenvalue weighted by atomic mass is 15.2. The van der Waals surface area contributed by atoms with E-state index in [-0.39, 0.29) is 0 Å². The summed E-state index contributed by atoms with van der Waals surface area (Å²) in [6.45, 7) is 7.90. The maximum Gasteiger partial charge on any atom is 0.142 e. The van der Waals surface area contributed by atoms with Crippen LogP contribution < -0.4 is 0 Å². The van der Waals surface area contributed by atoms with Crippen molar-refractivity contribution >= 4 is 0 Å². The molecular formula is C11H17N3. The molecule has 0 aliphatic carbocycles. The van der Waals surface area contributed by atoms with E-state index in [2.05, 4.69) is 28.7 Å². The van der Waals surface area contributed by atoms with Crippen molar-refractivity contribution in [2.24, 2.45) is 11.8 Å². The molecule has 2 rings (SSSR count). The molecule has 14 heavy (non-hydrogen) atoms. The van der Waals surface area contributed by atoms with Crippen LogP contribution in [-0.2, 0) is 6.54 Å². The number of aromatic nitrogens is 2. The Morgan fingerprint density at radius 3 is 2.57 bits per heavy atom. The second kappa shape index (κ2) is 4.05. The first-order valence-electron chi connectivity index (χ1n) is 5.24. The SMILES string of the molecule is CC(C)C1CN(Cc2ncccn2)C1. The normalized spacial score (nSPS) is 18.5. The first kappa shape index (κ1) is 9.59. The van der Waals surface area contributed by atoms with Gasteiger partial charge in [-0.05, 0) is 17.9 Å². The highest BCUT2D eigenvalue weighted by molar-refractivity contribution is 4.91. The van der Waals surface area contributed by atoms with Crippen molar-refractivity contribution in [2.75, 3.05) is 13.1 Å². The van der Waals surface area contributed by atoms with Crippen LogP contribution in [0.3, 0.4) is 0 Å². The fourth-order valence-corrected chi connectivity index (χ4v) is 1.77. The molecule has 0 N–H and O–H groups in total. The van der Waals surface area contributed by atoms with Crippen LogP contribution in [0.5, 0.6) is 0 Å². The first-order chi connectivity index (χ1) is 6.75. The Morgan fingerprint density at radius 2 is 2.00 bits per heavy atom. The van der Waals surface area contributed by atoms with Gasteiger partial charge in [0, 0.05) is 25.5 Å². The van der Waals surface area contributed by atoms with Gasteiger partial charge >= 0.3 is 0 Å². The van der Waals surface area contributed by atoms with Gasteiger partial charge in [-0.3, -0.25) is 4.90 Å². The Labute approximate surface area is 85.2 Å². The molecule has 0 bridgehead atoms. The van der Waals surface area contributed by atoms with Crippen LogP contribution in [0.1, 0.15) is 19.7 Å². The summed E-state index contributed by atoms with van der Waals surface area (Å²) in [6, 6.07) is 1.86. The fraction of sp³-hybridized carbons (Fsp3) is 0.636. The van der Waals surface area contributed by atoms with Gasteiger partial charge in [0.05, 0.1) is 6.54 Å². The van der Waals surface area contributed by atoms with Crippen LogP contribution in [0.25, 0.3) is 0 Å². The highest BCUT2D eigenvalue weighted by Gasteiger charge is 2.28. The smallest absolute Gasteiger partial charge is 0.142 e. The summed E-state index contributed by atoms with van der Waals surface area (Å²) in [4.78, 5) is 10.8. The molecule has 1 aromatic heterocycles. The van der Waals surface area contributed by atoms with Gasteiger partial charge in [0.25, 0.3) is 0 Å². The van der Waals surface area contributed by atoms with E-state index in [1.807, 2.05) is 18.5 Å². The third-order valence-corrected chi connectivity index (χ3v) is 2.91. The predicted molar refractivity (Wildman–Crippen MR) is 55.6 cm³/mol. The third kappa shape index (κ3) is 2.10. The van der Waals surface area contributed by atoms with E-state index < -0.39 is 0 Å². The van der Waals surface area contributed by atoms with E-state index in [0.717, 1.165) is 24.2 Å². The lowest BCUT2D eigenvalue weighted by Gasteiger charge is -2.41. The summed E-state index contributed by atoms with van der Waals surface area (Å²) in [5.41, 5.74) is 0. The lowest BCUT2D eigenvalue weighted by atomic mass is 9.88. The van der Waals surface area contributed by atoms with Crippen LogP contribution in [-0.4, -0.2) is 28.0 Å². The van der Waals surface area contributed by atoms with Gasteiger partial charge < -0.3 is 0 Å². The summed E-state index contributed by atoms with van der Waals surface area (Å²) >= 11 is 0. The van der Waals surface area contributed by atoms with E-state index >= 15 is 0 Å². The van der Waals surface area contributed by atoms with Crippen molar-refractivity contribution in [3.8, 4) is 0 Å². The average molecular weight is 191 g/mol. The molecule has 0 spiro atoms. The molecule has 1 saturated heterocycles. The minimum Gasteiger partial charge on any atom is -0.295 e. The summed E-state index contributed by atoms with van der Waals surface area (Å²) < 4.78 is 0. The van der Waals surface area contributed by atoms with Crippen molar-refractivity contribution in [2.45, 2.75) is 20.4 Å². The second-order valence-electron chi connectivity index (χ2n) is 4.36. The Morgan fingerprint density at radius 1 is 1.36 bits per heavy atom. The van der Waals surface area contributed by atoms with Crippen LogP contribution in [0.2, 0.25) is 0 Å². The van der Waals surface area contributed by atoms with E-state index in [4.69, 9.17) is 0 Å². The van der Waals surface area contributed by atoms with Crippen molar-refractivity contribution in [3.63, 3.8) is 0 Å². The topological polar surface area (TPSA) is 29.0 Å². The summed E-state index contributed by atoms with van der Waals surface area (Å²) in [5, 5.41) is 0. The maximum absolute atomic E-state index is 4.22. The average Bonchev–Trinajstić information content (AvgIpc) is 2.12. The van der Waals surface area contributed by atoms with E-state index in [1.54, 1.807) is 0 Å². The largest absolute Gasteiger partial charge is 0.295 e. The predicted octanol–water partition coefficient (Wildman–Crippen LogP) is 1.56. The second-order valence-corrected chi connectivity index (χ2v) is 4.36. The quantitative estimate of drug-likeness (QED) is 0.726. The molecule has 0 radical (unpaired) electrons. The van der Waals surface area contributed by atoms with Gasteiger partial charge in [0.15, 0.2) is 0 Å². The van der Waals surface area contributed by atoms with Crippen LogP contribution in [0.15, 0.2) is 18.5 Å². The molecule has 1 aliphatic rings. The molecule has 3 heteroatoms. The summed E-state index contributed by atoms with van der Waals surface area (Å²) in [7, 11) is 0. The Kier molecular flexibility index (Phi) is 2.77. The molecule has 1 aromatic rings. The Bertz CT molecular complexity index is 278. The van der Waals surface area contributed by atoms with Gasteiger partial charge in [-0.15, -0.1) is 0 Å². The minimum absolute atomic E-state index is 0.808. The van der Waals surface area contributed by atoms with Crippen LogP contribution in [0.4, 0.5) is 0 Å². The first-order valence-corrected chi connectivity index (χ1v) is 5.24. The number of likely N-dealkylation sites (tertiary alicyclic amines) is 1. The standard InChI is InChI=1S/C11H17N3/c1-9(2)10-6-14(7-10)8-11-12-4-3-5-13-11/h3-5,9-10H,6-8H2,1-2H3. The molecule has 0 amide bonds. The molecule has 0 aromatic carbocycles. The third-order valence-electron chi connectivity index (χ3n) is 2.91. The van der Waals surface area contributed by atoms with Crippen molar-refractivity contribution in [1.29, 1.82) is 0 Å². The molecule has 1 aliphatic heterocycles. The molecule has 2 heterocycles. The molecular weight excluding hydrogens is 174 g/mol. The zero-order valence-electron chi connectivity index (χ0n) is 8.85. The molecule has 1 fully saturated rings.